The Morgan fingerprint density at radius 3 is 2.59 bits per heavy atom. The first-order valence-electron chi connectivity index (χ1n) is 8.53. The Morgan fingerprint density at radius 1 is 1.07 bits per heavy atom. The van der Waals surface area contributed by atoms with Crippen LogP contribution >= 0.6 is 0 Å². The summed E-state index contributed by atoms with van der Waals surface area (Å²) in [5.74, 6) is -0.233. The van der Waals surface area contributed by atoms with Crippen LogP contribution in [0.1, 0.15) is 22.5 Å². The highest BCUT2D eigenvalue weighted by atomic mass is 16.6. The number of rotatable bonds is 3. The summed E-state index contributed by atoms with van der Waals surface area (Å²) in [4.78, 5) is 16.6. The Morgan fingerprint density at radius 2 is 1.85 bits per heavy atom. The van der Waals surface area contributed by atoms with E-state index in [0.717, 1.165) is 22.6 Å². The number of esters is 1. The van der Waals surface area contributed by atoms with Gasteiger partial charge in [-0.25, -0.2) is 14.5 Å². The van der Waals surface area contributed by atoms with Gasteiger partial charge in [0.15, 0.2) is 5.70 Å². The van der Waals surface area contributed by atoms with Crippen molar-refractivity contribution < 1.29 is 9.53 Å². The SMILES string of the molecule is [B]c1cccc(C2=N/C(=C\c3c(C)nn(-c4ccccc4)c3C)C(=O)O2)c1. The van der Waals surface area contributed by atoms with Crippen molar-refractivity contribution in [2.45, 2.75) is 13.8 Å². The quantitative estimate of drug-likeness (QED) is 0.413. The fraction of sp³-hybridized carbons (Fsp3) is 0.0952. The smallest absolute Gasteiger partial charge is 0.363 e. The van der Waals surface area contributed by atoms with Crippen LogP contribution in [-0.4, -0.2) is 29.5 Å². The number of benzene rings is 2. The van der Waals surface area contributed by atoms with Crippen LogP contribution in [0.3, 0.4) is 0 Å². The normalized spacial score (nSPS) is 15.1. The molecule has 4 rings (SSSR count). The van der Waals surface area contributed by atoms with Crippen molar-refractivity contribution in [2.24, 2.45) is 4.99 Å². The Bertz CT molecular complexity index is 1100. The van der Waals surface area contributed by atoms with Crippen molar-refractivity contribution in [1.82, 2.24) is 9.78 Å². The number of hydrogen-bond donors (Lipinski definition) is 0. The maximum atomic E-state index is 12.3. The molecule has 6 heteroatoms. The van der Waals surface area contributed by atoms with Crippen LogP contribution in [0.5, 0.6) is 0 Å². The molecule has 5 nitrogen and oxygen atoms in total. The van der Waals surface area contributed by atoms with Crippen molar-refractivity contribution in [3.05, 3.63) is 82.8 Å². The second-order valence-electron chi connectivity index (χ2n) is 6.29. The molecular weight excluding hydrogens is 337 g/mol. The van der Waals surface area contributed by atoms with E-state index in [4.69, 9.17) is 12.6 Å². The van der Waals surface area contributed by atoms with E-state index in [1.54, 1.807) is 30.3 Å². The molecule has 1 aliphatic rings. The molecule has 0 bridgehead atoms. The highest BCUT2D eigenvalue weighted by Crippen LogP contribution is 2.24. The summed E-state index contributed by atoms with van der Waals surface area (Å²) in [6.45, 7) is 3.86. The zero-order valence-corrected chi connectivity index (χ0v) is 15.0. The summed E-state index contributed by atoms with van der Waals surface area (Å²) in [5.41, 5.74) is 5.03. The largest absolute Gasteiger partial charge is 0.402 e. The van der Waals surface area contributed by atoms with Gasteiger partial charge in [0.2, 0.25) is 5.90 Å². The van der Waals surface area contributed by atoms with E-state index < -0.39 is 5.97 Å². The van der Waals surface area contributed by atoms with Gasteiger partial charge >= 0.3 is 5.97 Å². The van der Waals surface area contributed by atoms with Gasteiger partial charge in [-0.15, -0.1) is 0 Å². The van der Waals surface area contributed by atoms with Crippen LogP contribution in [-0.2, 0) is 9.53 Å². The summed E-state index contributed by atoms with van der Waals surface area (Å²) < 4.78 is 7.17. The number of carbonyl (C=O) groups is 1. The van der Waals surface area contributed by atoms with Crippen molar-refractivity contribution in [2.75, 3.05) is 0 Å². The molecule has 0 atom stereocenters. The average molecular weight is 353 g/mol. The van der Waals surface area contributed by atoms with Gasteiger partial charge in [0.25, 0.3) is 0 Å². The van der Waals surface area contributed by atoms with Gasteiger partial charge in [-0.3, -0.25) is 0 Å². The predicted octanol–water partition coefficient (Wildman–Crippen LogP) is 2.63. The minimum absolute atomic E-state index is 0.242. The molecule has 130 valence electrons. The van der Waals surface area contributed by atoms with Crippen LogP contribution in [0.25, 0.3) is 11.8 Å². The third kappa shape index (κ3) is 3.22. The molecule has 2 radical (unpaired) electrons. The number of aromatic nitrogens is 2. The van der Waals surface area contributed by atoms with Gasteiger partial charge in [-0.2, -0.15) is 5.10 Å². The molecule has 1 aromatic heterocycles. The fourth-order valence-electron chi connectivity index (χ4n) is 3.03. The van der Waals surface area contributed by atoms with Crippen LogP contribution in [0.4, 0.5) is 0 Å². The number of hydrogen-bond acceptors (Lipinski definition) is 4. The Hall–Kier alpha value is -3.41. The number of ether oxygens (including phenoxy) is 1. The maximum absolute atomic E-state index is 12.3. The van der Waals surface area contributed by atoms with Crippen molar-refractivity contribution >= 4 is 31.3 Å². The molecular formula is C21H16BN3O2. The second kappa shape index (κ2) is 6.72. The summed E-state index contributed by atoms with van der Waals surface area (Å²) in [5, 5.41) is 4.59. The number of nitrogens with zero attached hydrogens (tertiary/aromatic N) is 3. The standard InChI is InChI=1S/C21H16BN3O2/c1-13-18(14(2)25(24-13)17-9-4-3-5-10-17)12-19-21(26)27-20(23-19)15-7-6-8-16(22)11-15/h3-12H,1-2H3/b19-12-. The molecule has 0 unspecified atom stereocenters. The first kappa shape index (κ1) is 17.0. The summed E-state index contributed by atoms with van der Waals surface area (Å²) in [7, 11) is 5.80. The zero-order chi connectivity index (χ0) is 19.0. The highest BCUT2D eigenvalue weighted by Gasteiger charge is 2.25. The first-order valence-corrected chi connectivity index (χ1v) is 8.53. The van der Waals surface area contributed by atoms with E-state index in [0.29, 0.717) is 11.0 Å². The van der Waals surface area contributed by atoms with E-state index >= 15 is 0 Å². The van der Waals surface area contributed by atoms with Gasteiger partial charge in [-0.05, 0) is 38.1 Å². The number of cyclic esters (lactones) is 1. The molecule has 0 saturated heterocycles. The topological polar surface area (TPSA) is 56.5 Å². The summed E-state index contributed by atoms with van der Waals surface area (Å²) >= 11 is 0. The molecule has 0 aliphatic carbocycles. The third-order valence-electron chi connectivity index (χ3n) is 4.38. The lowest BCUT2D eigenvalue weighted by molar-refractivity contribution is -0.129. The highest BCUT2D eigenvalue weighted by molar-refractivity contribution is 6.32. The molecule has 27 heavy (non-hydrogen) atoms. The van der Waals surface area contributed by atoms with Crippen LogP contribution in [0.15, 0.2) is 65.3 Å². The molecule has 1 aliphatic heterocycles. The fourth-order valence-corrected chi connectivity index (χ4v) is 3.03. The molecule has 0 amide bonds. The minimum Gasteiger partial charge on any atom is -0.402 e. The molecule has 0 N–H and O–H groups in total. The van der Waals surface area contributed by atoms with E-state index in [2.05, 4.69) is 10.1 Å². The van der Waals surface area contributed by atoms with E-state index in [1.807, 2.05) is 48.9 Å². The molecule has 0 saturated carbocycles. The van der Waals surface area contributed by atoms with Gasteiger partial charge in [0.05, 0.1) is 11.4 Å². The Kier molecular flexibility index (Phi) is 4.24. The average Bonchev–Trinajstić information content (AvgIpc) is 3.17. The minimum atomic E-state index is -0.487. The lowest BCUT2D eigenvalue weighted by Gasteiger charge is -2.03. The number of aliphatic imine (C=N–C) groups is 1. The Labute approximate surface area is 158 Å². The lowest BCUT2D eigenvalue weighted by atomic mass is 9.94. The monoisotopic (exact) mass is 353 g/mol. The van der Waals surface area contributed by atoms with Crippen LogP contribution in [0, 0.1) is 13.8 Å². The lowest BCUT2D eigenvalue weighted by Crippen LogP contribution is -2.09. The third-order valence-corrected chi connectivity index (χ3v) is 4.38. The van der Waals surface area contributed by atoms with Crippen molar-refractivity contribution in [3.63, 3.8) is 0 Å². The van der Waals surface area contributed by atoms with Crippen molar-refractivity contribution in [3.8, 4) is 5.69 Å². The van der Waals surface area contributed by atoms with Gasteiger partial charge in [-0.1, -0.05) is 41.9 Å². The molecule has 0 spiro atoms. The molecule has 2 aromatic carbocycles. The number of para-hydroxylation sites is 1. The zero-order valence-electron chi connectivity index (χ0n) is 15.0. The van der Waals surface area contributed by atoms with Gasteiger partial charge in [0.1, 0.15) is 7.85 Å². The summed E-state index contributed by atoms with van der Waals surface area (Å²) in [6, 6.07) is 16.9. The van der Waals surface area contributed by atoms with Crippen LogP contribution < -0.4 is 5.46 Å². The number of aryl methyl sites for hydroxylation is 1. The van der Waals surface area contributed by atoms with E-state index in [1.165, 1.54) is 0 Å². The number of carbonyl (C=O) groups excluding carboxylic acids is 1. The first-order chi connectivity index (χ1) is 13.0. The summed E-state index contributed by atoms with van der Waals surface area (Å²) in [6.07, 6.45) is 1.72. The molecule has 2 heterocycles. The van der Waals surface area contributed by atoms with E-state index in [-0.39, 0.29) is 11.6 Å². The maximum Gasteiger partial charge on any atom is 0.363 e. The van der Waals surface area contributed by atoms with Crippen molar-refractivity contribution in [1.29, 1.82) is 0 Å². The van der Waals surface area contributed by atoms with E-state index in [9.17, 15) is 4.79 Å². The predicted molar refractivity (Wildman–Crippen MR) is 105 cm³/mol. The molecule has 3 aromatic rings. The second-order valence-corrected chi connectivity index (χ2v) is 6.29. The molecule has 0 fully saturated rings. The van der Waals surface area contributed by atoms with Crippen LogP contribution in [0.2, 0.25) is 0 Å². The van der Waals surface area contributed by atoms with Gasteiger partial charge < -0.3 is 4.74 Å². The van der Waals surface area contributed by atoms with Gasteiger partial charge in [0, 0.05) is 16.8 Å². The Balaban J connectivity index is 1.74.